The van der Waals surface area contributed by atoms with E-state index < -0.39 is 35.0 Å². The molecule has 0 spiro atoms. The van der Waals surface area contributed by atoms with Gasteiger partial charge in [-0.1, -0.05) is 11.3 Å². The lowest BCUT2D eigenvalue weighted by molar-refractivity contribution is -0.0776. The summed E-state index contributed by atoms with van der Waals surface area (Å²) in [4.78, 5) is 30.3. The summed E-state index contributed by atoms with van der Waals surface area (Å²) in [6.07, 6.45) is 0.250. The Kier molecular flexibility index (Phi) is 4.79. The maximum Gasteiger partial charge on any atom is 0.311 e. The quantitative estimate of drug-likeness (QED) is 0.620. The van der Waals surface area contributed by atoms with Gasteiger partial charge >= 0.3 is 4.87 Å². The van der Waals surface area contributed by atoms with Crippen LogP contribution in [0.4, 0.5) is 5.95 Å². The second kappa shape index (κ2) is 6.86. The van der Waals surface area contributed by atoms with Gasteiger partial charge < -0.3 is 25.1 Å². The highest BCUT2D eigenvalue weighted by Crippen LogP contribution is 2.33. The van der Waals surface area contributed by atoms with Crippen LogP contribution in [0.2, 0.25) is 0 Å². The number of hydrogen-bond donors (Lipinski definition) is 3. The monoisotopic (exact) mass is 370 g/mol. The molecule has 10 nitrogen and oxygen atoms in total. The minimum Gasteiger partial charge on any atom is -0.501 e. The Hall–Kier alpha value is -2.37. The summed E-state index contributed by atoms with van der Waals surface area (Å²) in [5.41, 5.74) is 5.25. The minimum atomic E-state index is -0.826. The van der Waals surface area contributed by atoms with Gasteiger partial charge in [0, 0.05) is 6.42 Å². The summed E-state index contributed by atoms with van der Waals surface area (Å²) in [7, 11) is 1.48. The van der Waals surface area contributed by atoms with Crippen LogP contribution in [0, 0.1) is 0 Å². The molecule has 4 N–H and O–H groups in total. The molecule has 0 amide bonds. The Labute approximate surface area is 145 Å². The summed E-state index contributed by atoms with van der Waals surface area (Å²) in [5, 5.41) is 9.93. The first-order valence-electron chi connectivity index (χ1n) is 7.50. The van der Waals surface area contributed by atoms with E-state index in [0.717, 1.165) is 11.3 Å². The van der Waals surface area contributed by atoms with Crippen LogP contribution in [0.1, 0.15) is 19.6 Å². The number of fused-ring (bicyclic) bond motifs is 1. The molecule has 0 aliphatic carbocycles. The van der Waals surface area contributed by atoms with E-state index in [9.17, 15) is 14.7 Å². The van der Waals surface area contributed by atoms with Gasteiger partial charge in [0.25, 0.3) is 5.56 Å². The zero-order valence-electron chi connectivity index (χ0n) is 13.5. The molecule has 25 heavy (non-hydrogen) atoms. The van der Waals surface area contributed by atoms with E-state index in [-0.39, 0.29) is 22.7 Å². The Balaban J connectivity index is 1.98. The number of anilines is 1. The van der Waals surface area contributed by atoms with Gasteiger partial charge in [-0.25, -0.2) is 0 Å². The van der Waals surface area contributed by atoms with E-state index in [2.05, 4.69) is 9.97 Å². The van der Waals surface area contributed by atoms with Crippen molar-refractivity contribution in [3.05, 3.63) is 32.5 Å². The zero-order chi connectivity index (χ0) is 18.1. The lowest BCUT2D eigenvalue weighted by Crippen LogP contribution is -2.33. The van der Waals surface area contributed by atoms with Crippen molar-refractivity contribution >= 4 is 27.6 Å². The summed E-state index contributed by atoms with van der Waals surface area (Å²) < 4.78 is 17.5. The Morgan fingerprint density at radius 1 is 1.52 bits per heavy atom. The summed E-state index contributed by atoms with van der Waals surface area (Å²) >= 11 is 0.762. The Bertz CT molecular complexity index is 901. The second-order valence-electron chi connectivity index (χ2n) is 5.56. The molecular weight excluding hydrogens is 352 g/mol. The first-order chi connectivity index (χ1) is 11.9. The van der Waals surface area contributed by atoms with Crippen LogP contribution in [-0.2, 0) is 14.2 Å². The normalized spacial score (nSPS) is 24.8. The van der Waals surface area contributed by atoms with Crippen molar-refractivity contribution < 1.29 is 19.3 Å². The van der Waals surface area contributed by atoms with Crippen molar-refractivity contribution in [3.63, 3.8) is 0 Å². The third-order valence-corrected chi connectivity index (χ3v) is 4.76. The van der Waals surface area contributed by atoms with Crippen molar-refractivity contribution in [2.45, 2.75) is 37.9 Å². The predicted molar refractivity (Wildman–Crippen MR) is 90.1 cm³/mol. The number of aromatic nitrogens is 3. The molecule has 0 aromatic carbocycles. The third-order valence-electron chi connectivity index (χ3n) is 3.81. The van der Waals surface area contributed by atoms with Gasteiger partial charge in [0.1, 0.15) is 35.7 Å². The van der Waals surface area contributed by atoms with Crippen LogP contribution >= 0.6 is 11.3 Å². The number of nitrogen functional groups attached to an aromatic ring is 1. The molecular formula is C14H18N4O6S. The maximum absolute atomic E-state index is 12.4. The van der Waals surface area contributed by atoms with Crippen molar-refractivity contribution in [1.82, 2.24) is 14.5 Å². The van der Waals surface area contributed by atoms with E-state index in [1.54, 1.807) is 6.92 Å². The number of thiazole rings is 1. The SMILES string of the molecule is CO/C=C/O[C@@H]1C[C@H](n2c(=O)sc3c(=O)[nH]c(N)nc32)O[C@@H]1[C@H](C)O. The number of hydrogen-bond acceptors (Lipinski definition) is 9. The maximum atomic E-state index is 12.4. The molecule has 1 fully saturated rings. The number of ether oxygens (including phenoxy) is 3. The minimum absolute atomic E-state index is 0.0926. The fraction of sp³-hybridized carbons (Fsp3) is 0.500. The van der Waals surface area contributed by atoms with E-state index in [0.29, 0.717) is 0 Å². The molecule has 3 heterocycles. The molecule has 136 valence electrons. The van der Waals surface area contributed by atoms with Gasteiger partial charge in [-0.2, -0.15) is 4.98 Å². The average molecular weight is 370 g/mol. The van der Waals surface area contributed by atoms with Crippen LogP contribution < -0.4 is 16.2 Å². The van der Waals surface area contributed by atoms with Crippen LogP contribution in [0.15, 0.2) is 22.1 Å². The molecule has 11 heteroatoms. The predicted octanol–water partition coefficient (Wildman–Crippen LogP) is -0.100. The molecule has 2 aromatic heterocycles. The average Bonchev–Trinajstić information content (AvgIpc) is 3.08. The standard InChI is InChI=1S/C14H18N4O6S/c1-6(19)9-7(23-4-3-22-2)5-8(24-9)18-11-10(25-14(18)21)12(20)17-13(15)16-11/h3-4,6-9,19H,5H2,1-2H3,(H3,15,16,17,20)/b4-3+/t6-,7+,8+,9+/m0/s1. The molecule has 1 saturated heterocycles. The van der Waals surface area contributed by atoms with Gasteiger partial charge in [-0.3, -0.25) is 19.1 Å². The van der Waals surface area contributed by atoms with Crippen molar-refractivity contribution in [1.29, 1.82) is 0 Å². The van der Waals surface area contributed by atoms with Crippen LogP contribution in [0.3, 0.4) is 0 Å². The van der Waals surface area contributed by atoms with Crippen LogP contribution in [-0.4, -0.2) is 45.1 Å². The van der Waals surface area contributed by atoms with Gasteiger partial charge in [-0.15, -0.1) is 0 Å². The highest BCUT2D eigenvalue weighted by Gasteiger charge is 2.41. The van der Waals surface area contributed by atoms with Crippen molar-refractivity contribution in [3.8, 4) is 0 Å². The van der Waals surface area contributed by atoms with E-state index >= 15 is 0 Å². The molecule has 1 aliphatic heterocycles. The molecule has 0 saturated carbocycles. The molecule has 3 rings (SSSR count). The largest absolute Gasteiger partial charge is 0.501 e. The zero-order valence-corrected chi connectivity index (χ0v) is 14.4. The van der Waals surface area contributed by atoms with E-state index in [1.165, 1.54) is 24.2 Å². The number of H-pyrrole nitrogens is 1. The van der Waals surface area contributed by atoms with E-state index in [4.69, 9.17) is 19.9 Å². The van der Waals surface area contributed by atoms with Gasteiger partial charge in [0.2, 0.25) is 5.95 Å². The molecule has 4 atom stereocenters. The number of nitrogens with one attached hydrogen (secondary N) is 1. The van der Waals surface area contributed by atoms with Crippen LogP contribution in [0.25, 0.3) is 10.3 Å². The number of aliphatic hydroxyl groups excluding tert-OH is 1. The smallest absolute Gasteiger partial charge is 0.311 e. The number of nitrogens with zero attached hydrogens (tertiary/aromatic N) is 2. The highest BCUT2D eigenvalue weighted by molar-refractivity contribution is 7.16. The summed E-state index contributed by atoms with van der Waals surface area (Å²) in [6.45, 7) is 1.57. The first kappa shape index (κ1) is 17.5. The van der Waals surface area contributed by atoms with Crippen LogP contribution in [0.5, 0.6) is 0 Å². The number of rotatable bonds is 5. The van der Waals surface area contributed by atoms with Crippen molar-refractivity contribution in [2.24, 2.45) is 0 Å². The molecule has 2 aromatic rings. The molecule has 1 aliphatic rings. The fourth-order valence-electron chi connectivity index (χ4n) is 2.77. The Morgan fingerprint density at radius 3 is 2.96 bits per heavy atom. The van der Waals surface area contributed by atoms with Gasteiger partial charge in [0.15, 0.2) is 5.65 Å². The number of nitrogens with two attached hydrogens (primary N) is 1. The third kappa shape index (κ3) is 3.25. The fourth-order valence-corrected chi connectivity index (χ4v) is 3.63. The number of aliphatic hydroxyl groups is 1. The molecule has 0 unspecified atom stereocenters. The molecule has 0 radical (unpaired) electrons. The number of methoxy groups -OCH3 is 1. The summed E-state index contributed by atoms with van der Waals surface area (Å²) in [6, 6.07) is 0. The molecule has 0 bridgehead atoms. The lowest BCUT2D eigenvalue weighted by Gasteiger charge is -2.20. The highest BCUT2D eigenvalue weighted by atomic mass is 32.1. The first-order valence-corrected chi connectivity index (χ1v) is 8.31. The van der Waals surface area contributed by atoms with E-state index in [1.807, 2.05) is 0 Å². The Morgan fingerprint density at radius 2 is 2.28 bits per heavy atom. The van der Waals surface area contributed by atoms with Gasteiger partial charge in [-0.05, 0) is 6.92 Å². The summed E-state index contributed by atoms with van der Waals surface area (Å²) in [5.74, 6) is -0.0926. The second-order valence-corrected chi connectivity index (χ2v) is 6.52. The van der Waals surface area contributed by atoms with Crippen molar-refractivity contribution in [2.75, 3.05) is 12.8 Å². The topological polar surface area (TPSA) is 142 Å². The number of aromatic amines is 1. The van der Waals surface area contributed by atoms with Gasteiger partial charge in [0.05, 0.1) is 13.2 Å². The lowest BCUT2D eigenvalue weighted by atomic mass is 10.1.